The summed E-state index contributed by atoms with van der Waals surface area (Å²) in [6.07, 6.45) is -0.357. The second-order valence-corrected chi connectivity index (χ2v) is 4.92. The van der Waals surface area contributed by atoms with Crippen LogP contribution in [0.4, 0.5) is 0 Å². The predicted molar refractivity (Wildman–Crippen MR) is 76.8 cm³/mol. The minimum atomic E-state index is -0.769. The van der Waals surface area contributed by atoms with E-state index in [-0.39, 0.29) is 25.4 Å². The van der Waals surface area contributed by atoms with Gasteiger partial charge in [-0.15, -0.1) is 0 Å². The lowest BCUT2D eigenvalue weighted by Gasteiger charge is -2.21. The van der Waals surface area contributed by atoms with Crippen LogP contribution in [0.15, 0.2) is 30.3 Å². The number of nitrogens with zero attached hydrogens (tertiary/aromatic N) is 1. The smallest absolute Gasteiger partial charge is 0.338 e. The largest absolute Gasteiger partial charge is 0.467 e. The number of rotatable bonds is 4. The zero-order valence-corrected chi connectivity index (χ0v) is 12.2. The molecule has 0 bridgehead atoms. The first-order valence-electron chi connectivity index (χ1n) is 6.90. The van der Waals surface area contributed by atoms with E-state index >= 15 is 0 Å². The van der Waals surface area contributed by atoms with Gasteiger partial charge in [0.2, 0.25) is 5.91 Å². The Bertz CT molecular complexity index is 536. The number of benzene rings is 1. The number of amides is 1. The molecule has 1 fully saturated rings. The number of likely N-dealkylation sites (tertiary alicyclic amines) is 1. The van der Waals surface area contributed by atoms with E-state index in [4.69, 9.17) is 10.5 Å². The number of carbonyl (C=O) groups is 3. The van der Waals surface area contributed by atoms with Crippen molar-refractivity contribution >= 4 is 17.8 Å². The highest BCUT2D eigenvalue weighted by molar-refractivity contribution is 5.90. The van der Waals surface area contributed by atoms with E-state index < -0.39 is 24.1 Å². The van der Waals surface area contributed by atoms with Crippen molar-refractivity contribution in [2.45, 2.75) is 18.6 Å². The highest BCUT2D eigenvalue weighted by atomic mass is 16.5. The average molecular weight is 306 g/mol. The Morgan fingerprint density at radius 3 is 2.55 bits per heavy atom. The summed E-state index contributed by atoms with van der Waals surface area (Å²) >= 11 is 0. The van der Waals surface area contributed by atoms with Crippen molar-refractivity contribution in [3.63, 3.8) is 0 Å². The van der Waals surface area contributed by atoms with Gasteiger partial charge in [-0.1, -0.05) is 18.2 Å². The van der Waals surface area contributed by atoms with Crippen molar-refractivity contribution in [2.75, 3.05) is 20.2 Å². The third-order valence-corrected chi connectivity index (χ3v) is 3.51. The number of esters is 2. The standard InChI is InChI=1S/C15H18N2O5/c1-21-15(20)12-7-11(9-17(12)13(18)8-16)22-14(19)10-5-3-2-4-6-10/h2-6,11-12H,7-9,16H2,1H3/t11-,12+/m1/s1. The Morgan fingerprint density at radius 1 is 1.27 bits per heavy atom. The quantitative estimate of drug-likeness (QED) is 0.783. The second-order valence-electron chi connectivity index (χ2n) is 4.92. The summed E-state index contributed by atoms with van der Waals surface area (Å²) in [5.41, 5.74) is 5.76. The molecule has 118 valence electrons. The highest BCUT2D eigenvalue weighted by Gasteiger charge is 2.41. The monoisotopic (exact) mass is 306 g/mol. The van der Waals surface area contributed by atoms with Gasteiger partial charge in [0.15, 0.2) is 0 Å². The number of nitrogens with two attached hydrogens (primary N) is 1. The van der Waals surface area contributed by atoms with Gasteiger partial charge < -0.3 is 20.1 Å². The van der Waals surface area contributed by atoms with Gasteiger partial charge in [0.05, 0.1) is 25.8 Å². The van der Waals surface area contributed by atoms with Crippen LogP contribution >= 0.6 is 0 Å². The third kappa shape index (κ3) is 3.43. The summed E-state index contributed by atoms with van der Waals surface area (Å²) in [5, 5.41) is 0. The normalized spacial score (nSPS) is 20.5. The van der Waals surface area contributed by atoms with E-state index in [1.54, 1.807) is 30.3 Å². The Morgan fingerprint density at radius 2 is 1.95 bits per heavy atom. The Balaban J connectivity index is 2.06. The fourth-order valence-electron chi connectivity index (χ4n) is 2.43. The van der Waals surface area contributed by atoms with Crippen LogP contribution in [0.1, 0.15) is 16.8 Å². The highest BCUT2D eigenvalue weighted by Crippen LogP contribution is 2.22. The summed E-state index contributed by atoms with van der Waals surface area (Å²) in [6, 6.07) is 7.76. The molecule has 1 saturated heterocycles. The lowest BCUT2D eigenvalue weighted by Crippen LogP contribution is -2.44. The minimum Gasteiger partial charge on any atom is -0.467 e. The molecule has 0 unspecified atom stereocenters. The summed E-state index contributed by atoms with van der Waals surface area (Å²) in [5.74, 6) is -1.41. The van der Waals surface area contributed by atoms with E-state index in [2.05, 4.69) is 4.74 Å². The summed E-state index contributed by atoms with van der Waals surface area (Å²) in [7, 11) is 1.25. The van der Waals surface area contributed by atoms with E-state index in [9.17, 15) is 14.4 Å². The molecule has 1 aromatic rings. The molecule has 0 spiro atoms. The molecule has 0 aromatic heterocycles. The molecule has 2 N–H and O–H groups in total. The van der Waals surface area contributed by atoms with Crippen LogP contribution < -0.4 is 5.73 Å². The van der Waals surface area contributed by atoms with Crippen LogP contribution in [0, 0.1) is 0 Å². The van der Waals surface area contributed by atoms with Gasteiger partial charge in [0.1, 0.15) is 12.1 Å². The SMILES string of the molecule is COC(=O)[C@@H]1C[C@@H](OC(=O)c2ccccc2)CN1C(=O)CN. The van der Waals surface area contributed by atoms with Crippen molar-refractivity contribution in [3.8, 4) is 0 Å². The van der Waals surface area contributed by atoms with Gasteiger partial charge in [-0.3, -0.25) is 4.79 Å². The van der Waals surface area contributed by atoms with E-state index in [0.717, 1.165) is 0 Å². The van der Waals surface area contributed by atoms with Crippen molar-refractivity contribution in [1.82, 2.24) is 4.90 Å². The van der Waals surface area contributed by atoms with Crippen molar-refractivity contribution in [1.29, 1.82) is 0 Å². The molecular weight excluding hydrogens is 288 g/mol. The van der Waals surface area contributed by atoms with Gasteiger partial charge in [0, 0.05) is 6.42 Å². The number of methoxy groups -OCH3 is 1. The molecule has 1 aromatic carbocycles. The number of hydrogen-bond acceptors (Lipinski definition) is 6. The Hall–Kier alpha value is -2.41. The molecule has 7 nitrogen and oxygen atoms in total. The first-order chi connectivity index (χ1) is 10.6. The van der Waals surface area contributed by atoms with Crippen LogP contribution in [0.5, 0.6) is 0 Å². The molecule has 7 heteroatoms. The second kappa shape index (κ2) is 7.04. The molecule has 1 amide bonds. The predicted octanol–water partition coefficient (Wildman–Crippen LogP) is -0.0554. The molecule has 2 rings (SSSR count). The lowest BCUT2D eigenvalue weighted by atomic mass is 10.2. The van der Waals surface area contributed by atoms with Crippen LogP contribution in [-0.4, -0.2) is 55.1 Å². The zero-order chi connectivity index (χ0) is 16.1. The van der Waals surface area contributed by atoms with Crippen molar-refractivity contribution < 1.29 is 23.9 Å². The van der Waals surface area contributed by atoms with Crippen LogP contribution in [0.2, 0.25) is 0 Å². The fourth-order valence-corrected chi connectivity index (χ4v) is 2.43. The summed E-state index contributed by atoms with van der Waals surface area (Å²) in [4.78, 5) is 36.9. The third-order valence-electron chi connectivity index (χ3n) is 3.51. The van der Waals surface area contributed by atoms with Gasteiger partial charge in [-0.25, -0.2) is 9.59 Å². The van der Waals surface area contributed by atoms with Crippen LogP contribution in [0.25, 0.3) is 0 Å². The van der Waals surface area contributed by atoms with Gasteiger partial charge >= 0.3 is 11.9 Å². The van der Waals surface area contributed by atoms with Crippen LogP contribution in [0.3, 0.4) is 0 Å². The maximum atomic E-state index is 12.0. The molecule has 1 heterocycles. The summed E-state index contributed by atoms with van der Waals surface area (Å²) in [6.45, 7) is -0.0821. The number of carbonyl (C=O) groups excluding carboxylic acids is 3. The van der Waals surface area contributed by atoms with E-state index in [0.29, 0.717) is 5.56 Å². The van der Waals surface area contributed by atoms with Gasteiger partial charge in [-0.05, 0) is 12.1 Å². The fraction of sp³-hybridized carbons (Fsp3) is 0.400. The summed E-state index contributed by atoms with van der Waals surface area (Å²) < 4.78 is 10.0. The molecule has 1 aliphatic rings. The Labute approximate surface area is 128 Å². The molecule has 0 radical (unpaired) electrons. The maximum Gasteiger partial charge on any atom is 0.338 e. The Kier molecular flexibility index (Phi) is 5.11. The van der Waals surface area contributed by atoms with Crippen molar-refractivity contribution in [3.05, 3.63) is 35.9 Å². The maximum absolute atomic E-state index is 12.0. The van der Waals surface area contributed by atoms with Crippen molar-refractivity contribution in [2.24, 2.45) is 5.73 Å². The van der Waals surface area contributed by atoms with E-state index in [1.165, 1.54) is 12.0 Å². The first-order valence-corrected chi connectivity index (χ1v) is 6.90. The van der Waals surface area contributed by atoms with Gasteiger partial charge in [-0.2, -0.15) is 0 Å². The molecule has 0 aliphatic carbocycles. The number of hydrogen-bond donors (Lipinski definition) is 1. The lowest BCUT2D eigenvalue weighted by molar-refractivity contribution is -0.150. The number of ether oxygens (including phenoxy) is 2. The molecule has 0 saturated carbocycles. The van der Waals surface area contributed by atoms with Gasteiger partial charge in [0.25, 0.3) is 0 Å². The topological polar surface area (TPSA) is 98.9 Å². The zero-order valence-electron chi connectivity index (χ0n) is 12.2. The molecule has 2 atom stereocenters. The average Bonchev–Trinajstić information content (AvgIpc) is 2.98. The first kappa shape index (κ1) is 16.0. The molecule has 1 aliphatic heterocycles. The van der Waals surface area contributed by atoms with Crippen LogP contribution in [-0.2, 0) is 19.1 Å². The molecule has 22 heavy (non-hydrogen) atoms. The van der Waals surface area contributed by atoms with E-state index in [1.807, 2.05) is 0 Å². The minimum absolute atomic E-state index is 0.133. The molecular formula is C15H18N2O5.